The second-order valence-corrected chi connectivity index (χ2v) is 11.4. The SMILES string of the molecule is C=CC=O.COc1cc2ncnc(Nc3ccc(Oc4ccnc(N5CCC(C(F)(F)F)C5)n4)cc3F)c2cc1NC1CCN(C)CC1. The highest BCUT2D eigenvalue weighted by atomic mass is 19.4. The van der Waals surface area contributed by atoms with Crippen LogP contribution in [0.25, 0.3) is 10.9 Å². The highest BCUT2D eigenvalue weighted by Gasteiger charge is 2.44. The van der Waals surface area contributed by atoms with Crippen molar-refractivity contribution in [3.05, 3.63) is 67.4 Å². The zero-order valence-corrected chi connectivity index (χ0v) is 26.5. The number of hydrogen-bond acceptors (Lipinski definition) is 11. The topological polar surface area (TPSA) is 118 Å². The molecular formula is C33H36F4N8O3. The maximum Gasteiger partial charge on any atom is 0.393 e. The normalized spacial score (nSPS) is 17.0. The summed E-state index contributed by atoms with van der Waals surface area (Å²) in [7, 11) is 3.72. The number of halogens is 4. The number of allylic oxidation sites excluding steroid dienone is 1. The molecule has 2 saturated heterocycles. The van der Waals surface area contributed by atoms with Crippen LogP contribution in [-0.2, 0) is 4.79 Å². The van der Waals surface area contributed by atoms with Gasteiger partial charge in [0.15, 0.2) is 0 Å². The van der Waals surface area contributed by atoms with Gasteiger partial charge >= 0.3 is 6.18 Å². The van der Waals surface area contributed by atoms with Crippen molar-refractivity contribution in [1.82, 2.24) is 24.8 Å². The summed E-state index contributed by atoms with van der Waals surface area (Å²) in [4.78, 5) is 29.9. The Morgan fingerprint density at radius 2 is 1.79 bits per heavy atom. The van der Waals surface area contributed by atoms with Crippen molar-refractivity contribution in [2.24, 2.45) is 5.92 Å². The Morgan fingerprint density at radius 1 is 1.02 bits per heavy atom. The molecular weight excluding hydrogens is 632 g/mol. The van der Waals surface area contributed by atoms with Crippen molar-refractivity contribution in [2.45, 2.75) is 31.5 Å². The molecule has 2 N–H and O–H groups in total. The van der Waals surface area contributed by atoms with Crippen LogP contribution in [0.1, 0.15) is 19.3 Å². The minimum Gasteiger partial charge on any atom is -0.495 e. The first-order valence-corrected chi connectivity index (χ1v) is 15.3. The van der Waals surface area contributed by atoms with Crippen LogP contribution < -0.4 is 25.0 Å². The number of rotatable bonds is 9. The summed E-state index contributed by atoms with van der Waals surface area (Å²) in [6, 6.07) is 9.75. The molecule has 0 amide bonds. The number of ether oxygens (including phenoxy) is 2. The molecule has 48 heavy (non-hydrogen) atoms. The number of nitrogens with one attached hydrogen (secondary N) is 2. The fraction of sp³-hybridized carbons (Fsp3) is 0.364. The maximum absolute atomic E-state index is 15.3. The molecule has 254 valence electrons. The van der Waals surface area contributed by atoms with E-state index in [1.165, 1.54) is 41.7 Å². The van der Waals surface area contributed by atoms with Crippen LogP contribution in [0.5, 0.6) is 17.4 Å². The standard InChI is InChI=1S/C30H32F4N8O2.C3H4O/c1-41-10-7-19(8-11-41)38-25-14-21-24(15-26(25)43-2)36-17-37-28(21)39-23-4-3-20(13-22(23)31)44-27-5-9-35-29(40-27)42-12-6-18(16-42)30(32,33)34;1-2-3-4/h3-5,9,13-15,17-19,38H,6-8,10-12,16H2,1-2H3,(H,36,37,39);2-3H,1H2. The second-order valence-electron chi connectivity index (χ2n) is 11.4. The monoisotopic (exact) mass is 668 g/mol. The first kappa shape index (κ1) is 34.3. The van der Waals surface area contributed by atoms with E-state index in [2.05, 4.69) is 49.1 Å². The van der Waals surface area contributed by atoms with Crippen molar-refractivity contribution in [3.63, 3.8) is 0 Å². The molecule has 1 unspecified atom stereocenters. The first-order valence-electron chi connectivity index (χ1n) is 15.3. The van der Waals surface area contributed by atoms with Gasteiger partial charge in [-0.3, -0.25) is 4.79 Å². The van der Waals surface area contributed by atoms with Crippen LogP contribution in [0.15, 0.2) is 61.6 Å². The molecule has 2 aromatic carbocycles. The zero-order valence-electron chi connectivity index (χ0n) is 26.5. The van der Waals surface area contributed by atoms with Crippen molar-refractivity contribution < 1.29 is 31.8 Å². The van der Waals surface area contributed by atoms with Gasteiger partial charge < -0.3 is 29.9 Å². The molecule has 4 heterocycles. The average Bonchev–Trinajstić information content (AvgIpc) is 3.59. The largest absolute Gasteiger partial charge is 0.495 e. The highest BCUT2D eigenvalue weighted by molar-refractivity contribution is 5.95. The van der Waals surface area contributed by atoms with Gasteiger partial charge in [-0.2, -0.15) is 18.2 Å². The second kappa shape index (κ2) is 15.2. The lowest BCUT2D eigenvalue weighted by molar-refractivity contribution is -0.168. The molecule has 2 fully saturated rings. The first-order chi connectivity index (χ1) is 23.1. The van der Waals surface area contributed by atoms with Crippen LogP contribution in [0.2, 0.25) is 0 Å². The fourth-order valence-electron chi connectivity index (χ4n) is 5.50. The molecule has 6 rings (SSSR count). The van der Waals surface area contributed by atoms with Gasteiger partial charge in [0.2, 0.25) is 11.8 Å². The molecule has 2 aromatic heterocycles. The Bertz CT molecular complexity index is 1730. The summed E-state index contributed by atoms with van der Waals surface area (Å²) < 4.78 is 65.9. The molecule has 2 aliphatic heterocycles. The number of carbonyl (C=O) groups excluding carboxylic acids is 1. The fourth-order valence-corrected chi connectivity index (χ4v) is 5.50. The summed E-state index contributed by atoms with van der Waals surface area (Å²) in [5.74, 6) is -0.577. The molecule has 0 radical (unpaired) electrons. The summed E-state index contributed by atoms with van der Waals surface area (Å²) in [5, 5.41) is 7.34. The highest BCUT2D eigenvalue weighted by Crippen LogP contribution is 2.37. The maximum atomic E-state index is 15.3. The molecule has 15 heteroatoms. The molecule has 0 spiro atoms. The van der Waals surface area contributed by atoms with E-state index in [-0.39, 0.29) is 42.8 Å². The lowest BCUT2D eigenvalue weighted by Crippen LogP contribution is -2.36. The minimum absolute atomic E-state index is 0.0249. The van der Waals surface area contributed by atoms with E-state index in [1.54, 1.807) is 13.2 Å². The molecule has 0 aliphatic carbocycles. The Hall–Kier alpha value is -5.05. The van der Waals surface area contributed by atoms with Gasteiger partial charge in [-0.1, -0.05) is 6.58 Å². The van der Waals surface area contributed by atoms with Gasteiger partial charge in [0, 0.05) is 48.9 Å². The Balaban J connectivity index is 0.00000107. The number of hydrogen-bond donors (Lipinski definition) is 2. The number of anilines is 4. The van der Waals surface area contributed by atoms with Crippen LogP contribution in [0.4, 0.5) is 40.7 Å². The molecule has 2 aliphatic rings. The van der Waals surface area contributed by atoms with E-state index in [9.17, 15) is 13.2 Å². The average molecular weight is 669 g/mol. The summed E-state index contributed by atoms with van der Waals surface area (Å²) >= 11 is 0. The quantitative estimate of drug-likeness (QED) is 0.118. The van der Waals surface area contributed by atoms with E-state index in [0.29, 0.717) is 34.8 Å². The van der Waals surface area contributed by atoms with Gasteiger partial charge in [0.25, 0.3) is 0 Å². The van der Waals surface area contributed by atoms with E-state index in [4.69, 9.17) is 14.3 Å². The molecule has 0 bridgehead atoms. The number of benzene rings is 2. The zero-order chi connectivity index (χ0) is 34.3. The van der Waals surface area contributed by atoms with Crippen LogP contribution in [0, 0.1) is 11.7 Å². The third kappa shape index (κ3) is 8.45. The van der Waals surface area contributed by atoms with Crippen molar-refractivity contribution in [2.75, 3.05) is 55.9 Å². The van der Waals surface area contributed by atoms with Crippen LogP contribution >= 0.6 is 0 Å². The molecule has 1 atom stereocenters. The van der Waals surface area contributed by atoms with E-state index < -0.39 is 17.9 Å². The number of piperidine rings is 1. The Morgan fingerprint density at radius 3 is 2.46 bits per heavy atom. The van der Waals surface area contributed by atoms with Crippen LogP contribution in [-0.4, -0.2) is 83.7 Å². The molecule has 4 aromatic rings. The lowest BCUT2D eigenvalue weighted by Gasteiger charge is -2.30. The number of nitrogens with zero attached hydrogens (tertiary/aromatic N) is 6. The summed E-state index contributed by atoms with van der Waals surface area (Å²) in [6.45, 7) is 5.08. The molecule has 0 saturated carbocycles. The van der Waals surface area contributed by atoms with E-state index in [1.807, 2.05) is 12.1 Å². The van der Waals surface area contributed by atoms with Gasteiger partial charge in [0.1, 0.15) is 35.7 Å². The number of aromatic nitrogens is 4. The predicted octanol–water partition coefficient (Wildman–Crippen LogP) is 6.37. The van der Waals surface area contributed by atoms with E-state index in [0.717, 1.165) is 31.6 Å². The number of fused-ring (bicyclic) bond motifs is 1. The van der Waals surface area contributed by atoms with Gasteiger partial charge in [-0.25, -0.2) is 19.3 Å². The number of aldehydes is 1. The van der Waals surface area contributed by atoms with Crippen molar-refractivity contribution in [1.29, 1.82) is 0 Å². The lowest BCUT2D eigenvalue weighted by atomic mass is 10.0. The summed E-state index contributed by atoms with van der Waals surface area (Å²) in [6.07, 6.45) is 2.33. The minimum atomic E-state index is -4.27. The third-order valence-corrected chi connectivity index (χ3v) is 8.10. The Labute approximate surface area is 275 Å². The number of likely N-dealkylation sites (tertiary alicyclic amines) is 1. The van der Waals surface area contributed by atoms with Crippen LogP contribution in [0.3, 0.4) is 0 Å². The summed E-state index contributed by atoms with van der Waals surface area (Å²) in [5.41, 5.74) is 1.60. The smallest absolute Gasteiger partial charge is 0.393 e. The van der Waals surface area contributed by atoms with Gasteiger partial charge in [-0.05, 0) is 63.7 Å². The number of alkyl halides is 3. The number of carbonyl (C=O) groups is 1. The molecule has 11 nitrogen and oxygen atoms in total. The van der Waals surface area contributed by atoms with Crippen molar-refractivity contribution in [3.8, 4) is 17.4 Å². The number of methoxy groups -OCH3 is 1. The van der Waals surface area contributed by atoms with E-state index >= 15 is 4.39 Å². The van der Waals surface area contributed by atoms with Gasteiger partial charge in [0.05, 0.1) is 29.9 Å². The predicted molar refractivity (Wildman–Crippen MR) is 175 cm³/mol. The third-order valence-electron chi connectivity index (χ3n) is 8.10. The van der Waals surface area contributed by atoms with Crippen molar-refractivity contribution >= 4 is 40.3 Å². The Kier molecular flexibility index (Phi) is 10.9. The van der Waals surface area contributed by atoms with Gasteiger partial charge in [-0.15, -0.1) is 0 Å².